The summed E-state index contributed by atoms with van der Waals surface area (Å²) in [6.45, 7) is 0. The first-order chi connectivity index (χ1) is 9.43. The van der Waals surface area contributed by atoms with E-state index in [0.29, 0.717) is 0 Å². The average molecular weight is 247 g/mol. The number of hydrogen-bond acceptors (Lipinski definition) is 0. The molecule has 1 aliphatic rings. The van der Waals surface area contributed by atoms with Crippen molar-refractivity contribution < 1.29 is 0 Å². The van der Waals surface area contributed by atoms with Gasteiger partial charge < -0.3 is 4.98 Å². The van der Waals surface area contributed by atoms with Gasteiger partial charge in [0, 0.05) is 22.7 Å². The van der Waals surface area contributed by atoms with Gasteiger partial charge in [0.05, 0.1) is 0 Å². The minimum Gasteiger partial charge on any atom is -0.361 e. The molecule has 0 fully saturated rings. The molecule has 19 heavy (non-hydrogen) atoms. The Labute approximate surface area is 113 Å². The van der Waals surface area contributed by atoms with Crippen LogP contribution in [0, 0.1) is 0 Å². The number of aryl methyl sites for hydroxylation is 1. The van der Waals surface area contributed by atoms with Crippen LogP contribution in [0.4, 0.5) is 0 Å². The van der Waals surface area contributed by atoms with Crippen LogP contribution in [0.3, 0.4) is 0 Å². The second kappa shape index (κ2) is 4.27. The fraction of sp³-hybridized carbons (Fsp3) is 0.222. The van der Waals surface area contributed by atoms with Crippen molar-refractivity contribution in [2.45, 2.75) is 25.7 Å². The molecule has 4 rings (SSSR count). The Balaban J connectivity index is 1.97. The molecular formula is C18H17N. The van der Waals surface area contributed by atoms with Crippen LogP contribution in [0.15, 0.2) is 48.7 Å². The first kappa shape index (κ1) is 10.9. The third-order valence-corrected chi connectivity index (χ3v) is 4.28. The normalized spacial score (nSPS) is 14.5. The topological polar surface area (TPSA) is 15.8 Å². The molecule has 1 aromatic heterocycles. The van der Waals surface area contributed by atoms with Gasteiger partial charge >= 0.3 is 0 Å². The number of aromatic nitrogens is 1. The van der Waals surface area contributed by atoms with Gasteiger partial charge in [-0.2, -0.15) is 0 Å². The minimum absolute atomic E-state index is 1.23. The molecule has 0 saturated heterocycles. The summed E-state index contributed by atoms with van der Waals surface area (Å²) >= 11 is 0. The van der Waals surface area contributed by atoms with Gasteiger partial charge in [-0.3, -0.25) is 0 Å². The van der Waals surface area contributed by atoms with Gasteiger partial charge in [0.15, 0.2) is 0 Å². The third-order valence-electron chi connectivity index (χ3n) is 4.28. The average Bonchev–Trinajstić information content (AvgIpc) is 2.90. The maximum atomic E-state index is 3.39. The monoisotopic (exact) mass is 247 g/mol. The van der Waals surface area contributed by atoms with Gasteiger partial charge in [-0.25, -0.2) is 0 Å². The molecule has 0 radical (unpaired) electrons. The summed E-state index contributed by atoms with van der Waals surface area (Å²) in [5.41, 5.74) is 7.13. The van der Waals surface area contributed by atoms with E-state index in [-0.39, 0.29) is 0 Å². The number of para-hydroxylation sites is 1. The molecule has 1 N–H and O–H groups in total. The Bertz CT molecular complexity index is 736. The van der Waals surface area contributed by atoms with Gasteiger partial charge in [-0.05, 0) is 48.4 Å². The SMILES string of the molecule is c1cc2c(c(-c3c[nH]c4ccccc34)c1)CCCC2. The van der Waals surface area contributed by atoms with Gasteiger partial charge in [-0.15, -0.1) is 0 Å². The van der Waals surface area contributed by atoms with E-state index in [1.807, 2.05) is 0 Å². The number of H-pyrrole nitrogens is 1. The lowest BCUT2D eigenvalue weighted by Crippen LogP contribution is -2.03. The molecule has 0 spiro atoms. The minimum atomic E-state index is 1.23. The Morgan fingerprint density at radius 1 is 0.789 bits per heavy atom. The maximum absolute atomic E-state index is 3.39. The zero-order valence-electron chi connectivity index (χ0n) is 10.9. The van der Waals surface area contributed by atoms with Crippen molar-refractivity contribution in [2.24, 2.45) is 0 Å². The predicted octanol–water partition coefficient (Wildman–Crippen LogP) is 4.71. The number of aromatic amines is 1. The summed E-state index contributed by atoms with van der Waals surface area (Å²) in [6.07, 6.45) is 7.29. The van der Waals surface area contributed by atoms with Crippen molar-refractivity contribution in [1.82, 2.24) is 4.98 Å². The number of rotatable bonds is 1. The lowest BCUT2D eigenvalue weighted by Gasteiger charge is -2.19. The van der Waals surface area contributed by atoms with Gasteiger partial charge in [-0.1, -0.05) is 36.4 Å². The van der Waals surface area contributed by atoms with Crippen LogP contribution in [0.5, 0.6) is 0 Å². The van der Waals surface area contributed by atoms with E-state index >= 15 is 0 Å². The Kier molecular flexibility index (Phi) is 2.44. The van der Waals surface area contributed by atoms with Crippen molar-refractivity contribution in [3.8, 4) is 11.1 Å². The summed E-state index contributed by atoms with van der Waals surface area (Å²) in [4.78, 5) is 3.39. The third kappa shape index (κ3) is 1.69. The van der Waals surface area contributed by atoms with Crippen molar-refractivity contribution in [1.29, 1.82) is 0 Å². The molecular weight excluding hydrogens is 230 g/mol. The number of nitrogens with one attached hydrogen (secondary N) is 1. The van der Waals surface area contributed by atoms with Crippen molar-refractivity contribution in [3.05, 3.63) is 59.8 Å². The summed E-state index contributed by atoms with van der Waals surface area (Å²) < 4.78 is 0. The van der Waals surface area contributed by atoms with Gasteiger partial charge in [0.2, 0.25) is 0 Å². The molecule has 3 aromatic rings. The fourth-order valence-corrected chi connectivity index (χ4v) is 3.33. The van der Waals surface area contributed by atoms with E-state index in [2.05, 4.69) is 53.6 Å². The lowest BCUT2D eigenvalue weighted by molar-refractivity contribution is 0.687. The van der Waals surface area contributed by atoms with Crippen LogP contribution in [-0.2, 0) is 12.8 Å². The standard InChI is InChI=1S/C18H17N/c1-2-8-14-13(6-1)7-5-10-15(14)17-12-19-18-11-4-3-9-16(17)18/h3-5,7,9-12,19H,1-2,6,8H2. The highest BCUT2D eigenvalue weighted by Crippen LogP contribution is 2.35. The Hall–Kier alpha value is -2.02. The molecule has 0 unspecified atom stereocenters. The molecule has 0 amide bonds. The molecule has 94 valence electrons. The first-order valence-electron chi connectivity index (χ1n) is 7.11. The number of hydrogen-bond donors (Lipinski definition) is 1. The molecule has 1 heteroatoms. The lowest BCUT2D eigenvalue weighted by atomic mass is 9.86. The van der Waals surface area contributed by atoms with Gasteiger partial charge in [0.1, 0.15) is 0 Å². The molecule has 0 bridgehead atoms. The quantitative estimate of drug-likeness (QED) is 0.640. The Morgan fingerprint density at radius 3 is 2.68 bits per heavy atom. The van der Waals surface area contributed by atoms with Crippen LogP contribution in [0.2, 0.25) is 0 Å². The maximum Gasteiger partial charge on any atom is 0.0460 e. The summed E-state index contributed by atoms with van der Waals surface area (Å²) in [5.74, 6) is 0. The van der Waals surface area contributed by atoms with Gasteiger partial charge in [0.25, 0.3) is 0 Å². The summed E-state index contributed by atoms with van der Waals surface area (Å²) in [7, 11) is 0. The zero-order chi connectivity index (χ0) is 12.7. The van der Waals surface area contributed by atoms with Crippen molar-refractivity contribution in [3.63, 3.8) is 0 Å². The van der Waals surface area contributed by atoms with Crippen LogP contribution < -0.4 is 0 Å². The molecule has 2 aromatic carbocycles. The predicted molar refractivity (Wildman–Crippen MR) is 80.4 cm³/mol. The highest BCUT2D eigenvalue weighted by molar-refractivity contribution is 5.96. The number of benzene rings is 2. The second-order valence-corrected chi connectivity index (χ2v) is 5.40. The van der Waals surface area contributed by atoms with E-state index in [1.165, 1.54) is 47.7 Å². The van der Waals surface area contributed by atoms with E-state index in [1.54, 1.807) is 11.1 Å². The van der Waals surface area contributed by atoms with E-state index in [0.717, 1.165) is 0 Å². The van der Waals surface area contributed by atoms with Crippen LogP contribution in [0.1, 0.15) is 24.0 Å². The van der Waals surface area contributed by atoms with E-state index in [4.69, 9.17) is 0 Å². The van der Waals surface area contributed by atoms with E-state index < -0.39 is 0 Å². The van der Waals surface area contributed by atoms with E-state index in [9.17, 15) is 0 Å². The summed E-state index contributed by atoms with van der Waals surface area (Å²) in [5, 5.41) is 1.33. The second-order valence-electron chi connectivity index (χ2n) is 5.40. The van der Waals surface area contributed by atoms with Crippen LogP contribution in [0.25, 0.3) is 22.0 Å². The molecule has 0 atom stereocenters. The molecule has 1 aliphatic carbocycles. The molecule has 0 aliphatic heterocycles. The van der Waals surface area contributed by atoms with Crippen molar-refractivity contribution in [2.75, 3.05) is 0 Å². The molecule has 1 heterocycles. The molecule has 0 saturated carbocycles. The smallest absolute Gasteiger partial charge is 0.0460 e. The highest BCUT2D eigenvalue weighted by Gasteiger charge is 2.15. The summed E-state index contributed by atoms with van der Waals surface area (Å²) in [6, 6.07) is 15.4. The highest BCUT2D eigenvalue weighted by atomic mass is 14.7. The largest absolute Gasteiger partial charge is 0.361 e. The van der Waals surface area contributed by atoms with Crippen molar-refractivity contribution >= 4 is 10.9 Å². The van der Waals surface area contributed by atoms with Crippen LogP contribution >= 0.6 is 0 Å². The first-order valence-corrected chi connectivity index (χ1v) is 7.11. The zero-order valence-corrected chi connectivity index (χ0v) is 10.9. The Morgan fingerprint density at radius 2 is 1.68 bits per heavy atom. The number of fused-ring (bicyclic) bond motifs is 2. The molecule has 1 nitrogen and oxygen atoms in total. The van der Waals surface area contributed by atoms with Crippen LogP contribution in [-0.4, -0.2) is 4.98 Å². The fourth-order valence-electron chi connectivity index (χ4n) is 3.33.